The number of nitriles is 1. The lowest BCUT2D eigenvalue weighted by atomic mass is 10.00. The number of nitrogens with zero attached hydrogens (tertiary/aromatic N) is 2. The predicted octanol–water partition coefficient (Wildman–Crippen LogP) is 6.04. The third kappa shape index (κ3) is 3.86. The molecule has 2 heterocycles. The number of anilines is 3. The lowest BCUT2D eigenvalue weighted by Crippen LogP contribution is -2.13. The van der Waals surface area contributed by atoms with E-state index in [2.05, 4.69) is 30.2 Å². The van der Waals surface area contributed by atoms with Crippen molar-refractivity contribution in [2.24, 2.45) is 5.73 Å². The molecular weight excluding hydrogens is 442 g/mol. The number of nitrogens with one attached hydrogen (secondary N) is 1. The average molecular weight is 462 g/mol. The van der Waals surface area contributed by atoms with Gasteiger partial charge in [-0.25, -0.2) is 4.98 Å². The van der Waals surface area contributed by atoms with E-state index in [4.69, 9.17) is 23.1 Å². The van der Waals surface area contributed by atoms with Gasteiger partial charge in [-0.15, -0.1) is 11.3 Å². The van der Waals surface area contributed by atoms with E-state index in [1.807, 2.05) is 24.3 Å². The fourth-order valence-electron chi connectivity index (χ4n) is 3.52. The lowest BCUT2D eigenvalue weighted by Gasteiger charge is -2.09. The molecule has 0 fully saturated rings. The van der Waals surface area contributed by atoms with Crippen molar-refractivity contribution in [2.45, 2.75) is 19.8 Å². The zero-order valence-corrected chi connectivity index (χ0v) is 19.0. The minimum absolute atomic E-state index is 0.0399. The minimum Gasteiger partial charge on any atom is -0.383 e. The number of nitrogen functional groups attached to an aromatic ring is 1. The first-order valence-corrected chi connectivity index (χ1v) is 11.1. The summed E-state index contributed by atoms with van der Waals surface area (Å²) >= 11 is 7.35. The largest absolute Gasteiger partial charge is 0.383 e. The molecule has 0 radical (unpaired) electrons. The van der Waals surface area contributed by atoms with Crippen LogP contribution in [0, 0.1) is 11.3 Å². The summed E-state index contributed by atoms with van der Waals surface area (Å²) in [7, 11) is 0. The van der Waals surface area contributed by atoms with Crippen LogP contribution in [0.3, 0.4) is 0 Å². The van der Waals surface area contributed by atoms with Gasteiger partial charge in [0.05, 0.1) is 10.2 Å². The molecule has 0 atom stereocenters. The molecule has 0 bridgehead atoms. The molecule has 0 unspecified atom stereocenters. The van der Waals surface area contributed by atoms with Crippen molar-refractivity contribution < 1.29 is 4.79 Å². The Labute approximate surface area is 194 Å². The number of hydrogen-bond acceptors (Lipinski definition) is 6. The summed E-state index contributed by atoms with van der Waals surface area (Å²) < 4.78 is 0.646. The van der Waals surface area contributed by atoms with Gasteiger partial charge in [-0.05, 0) is 41.3 Å². The first-order valence-electron chi connectivity index (χ1n) is 9.89. The summed E-state index contributed by atoms with van der Waals surface area (Å²) in [5.74, 6) is -0.178. The van der Waals surface area contributed by atoms with E-state index in [9.17, 15) is 10.1 Å². The minimum atomic E-state index is -0.629. The van der Waals surface area contributed by atoms with Crippen LogP contribution in [0.2, 0.25) is 5.02 Å². The molecule has 5 N–H and O–H groups in total. The Balaban J connectivity index is 1.94. The van der Waals surface area contributed by atoms with E-state index in [0.29, 0.717) is 31.7 Å². The Morgan fingerprint density at radius 2 is 1.81 bits per heavy atom. The first kappa shape index (κ1) is 21.6. The number of aromatic nitrogens is 1. The number of hydrogen-bond donors (Lipinski definition) is 3. The zero-order chi connectivity index (χ0) is 23.0. The molecule has 0 aliphatic carbocycles. The Kier molecular flexibility index (Phi) is 5.74. The fourth-order valence-corrected chi connectivity index (χ4v) is 4.89. The highest BCUT2D eigenvalue weighted by molar-refractivity contribution is 7.24. The van der Waals surface area contributed by atoms with Gasteiger partial charge in [-0.3, -0.25) is 4.79 Å². The number of benzene rings is 2. The molecule has 0 aliphatic rings. The Bertz CT molecular complexity index is 1370. The van der Waals surface area contributed by atoms with E-state index < -0.39 is 5.91 Å². The van der Waals surface area contributed by atoms with Gasteiger partial charge >= 0.3 is 0 Å². The number of carbonyl (C=O) groups is 1. The molecule has 1 amide bonds. The van der Waals surface area contributed by atoms with Crippen LogP contribution in [-0.2, 0) is 0 Å². The molecule has 4 aromatic rings. The summed E-state index contributed by atoms with van der Waals surface area (Å²) in [6, 6.07) is 17.2. The monoisotopic (exact) mass is 461 g/mol. The second-order valence-corrected chi connectivity index (χ2v) is 9.07. The van der Waals surface area contributed by atoms with Gasteiger partial charge in [0, 0.05) is 16.3 Å². The summed E-state index contributed by atoms with van der Waals surface area (Å²) in [4.78, 5) is 16.8. The summed E-state index contributed by atoms with van der Waals surface area (Å²) in [5.41, 5.74) is 16.1. The number of thiophene rings is 1. The SMILES string of the molecule is CC(C)c1ccc(Nc2sc3c(-c4ccc(Cl)cc4)c(C#N)c(N)nc3c2C(N)=O)cc1. The average Bonchev–Trinajstić information content (AvgIpc) is 3.11. The van der Waals surface area contributed by atoms with Crippen LogP contribution in [-0.4, -0.2) is 10.9 Å². The fraction of sp³-hybridized carbons (Fsp3) is 0.125. The number of primary amides is 1. The first-order chi connectivity index (χ1) is 15.3. The Morgan fingerprint density at radius 1 is 1.16 bits per heavy atom. The van der Waals surface area contributed by atoms with Crippen molar-refractivity contribution in [3.8, 4) is 17.2 Å². The molecule has 2 aromatic carbocycles. The molecule has 160 valence electrons. The zero-order valence-electron chi connectivity index (χ0n) is 17.4. The summed E-state index contributed by atoms with van der Waals surface area (Å²) in [5, 5.41) is 14.2. The van der Waals surface area contributed by atoms with Gasteiger partial charge in [-0.2, -0.15) is 5.26 Å². The van der Waals surface area contributed by atoms with E-state index in [-0.39, 0.29) is 16.9 Å². The predicted molar refractivity (Wildman–Crippen MR) is 132 cm³/mol. The Hall–Kier alpha value is -3.60. The second-order valence-electron chi connectivity index (χ2n) is 7.62. The maximum absolute atomic E-state index is 12.4. The summed E-state index contributed by atoms with van der Waals surface area (Å²) in [6.45, 7) is 4.25. The van der Waals surface area contributed by atoms with E-state index in [1.54, 1.807) is 24.3 Å². The van der Waals surface area contributed by atoms with Gasteiger partial charge in [-0.1, -0.05) is 49.7 Å². The van der Waals surface area contributed by atoms with Gasteiger partial charge in [0.25, 0.3) is 5.91 Å². The van der Waals surface area contributed by atoms with E-state index in [1.165, 1.54) is 16.9 Å². The van der Waals surface area contributed by atoms with Crippen LogP contribution in [0.5, 0.6) is 0 Å². The third-order valence-corrected chi connectivity index (χ3v) is 6.54. The van der Waals surface area contributed by atoms with Crippen molar-refractivity contribution >= 4 is 55.6 Å². The smallest absolute Gasteiger partial charge is 0.253 e. The molecule has 32 heavy (non-hydrogen) atoms. The highest BCUT2D eigenvalue weighted by Crippen LogP contribution is 2.44. The van der Waals surface area contributed by atoms with E-state index in [0.717, 1.165) is 11.3 Å². The maximum Gasteiger partial charge on any atom is 0.253 e. The maximum atomic E-state index is 12.4. The van der Waals surface area contributed by atoms with Crippen LogP contribution >= 0.6 is 22.9 Å². The van der Waals surface area contributed by atoms with Crippen molar-refractivity contribution in [1.82, 2.24) is 4.98 Å². The van der Waals surface area contributed by atoms with Crippen LogP contribution in [0.15, 0.2) is 48.5 Å². The highest BCUT2D eigenvalue weighted by atomic mass is 35.5. The topological polar surface area (TPSA) is 118 Å². The van der Waals surface area contributed by atoms with Crippen molar-refractivity contribution in [3.63, 3.8) is 0 Å². The lowest BCUT2D eigenvalue weighted by molar-refractivity contribution is 0.100. The number of nitrogens with two attached hydrogens (primary N) is 2. The van der Waals surface area contributed by atoms with Crippen molar-refractivity contribution in [2.75, 3.05) is 11.1 Å². The summed E-state index contributed by atoms with van der Waals surface area (Å²) in [6.07, 6.45) is 0. The number of halogens is 1. The molecule has 4 rings (SSSR count). The number of fused-ring (bicyclic) bond motifs is 1. The highest BCUT2D eigenvalue weighted by Gasteiger charge is 2.25. The van der Waals surface area contributed by atoms with Crippen LogP contribution in [0.25, 0.3) is 21.3 Å². The molecular formula is C24H20ClN5OS. The molecule has 0 spiro atoms. The van der Waals surface area contributed by atoms with Crippen LogP contribution < -0.4 is 16.8 Å². The van der Waals surface area contributed by atoms with Gasteiger partial charge < -0.3 is 16.8 Å². The van der Waals surface area contributed by atoms with Crippen LogP contribution in [0.4, 0.5) is 16.5 Å². The van der Waals surface area contributed by atoms with Crippen molar-refractivity contribution in [3.05, 3.63) is 70.2 Å². The van der Waals surface area contributed by atoms with Crippen molar-refractivity contribution in [1.29, 1.82) is 5.26 Å². The quantitative estimate of drug-likeness (QED) is 0.335. The number of amides is 1. The molecule has 0 saturated heterocycles. The molecule has 6 nitrogen and oxygen atoms in total. The normalized spacial score (nSPS) is 11.0. The number of pyridine rings is 1. The number of carbonyl (C=O) groups excluding carboxylic acids is 1. The van der Waals surface area contributed by atoms with Gasteiger partial charge in [0.15, 0.2) is 0 Å². The standard InChI is InChI=1S/C24H20ClN5OS/c1-12(2)13-5-9-16(10-6-13)29-24-19(23(28)31)20-21(32-24)18(17(11-26)22(27)30-20)14-3-7-15(25)8-4-14/h3-10,12,29H,1-2H3,(H2,27,30)(H2,28,31). The molecule has 8 heteroatoms. The molecule has 2 aromatic heterocycles. The van der Waals surface area contributed by atoms with Gasteiger partial charge in [0.1, 0.15) is 28.0 Å². The number of rotatable bonds is 5. The van der Waals surface area contributed by atoms with E-state index >= 15 is 0 Å². The molecule has 0 saturated carbocycles. The Morgan fingerprint density at radius 3 is 2.38 bits per heavy atom. The van der Waals surface area contributed by atoms with Crippen LogP contribution in [0.1, 0.15) is 41.3 Å². The van der Waals surface area contributed by atoms with Gasteiger partial charge in [0.2, 0.25) is 0 Å². The molecule has 0 aliphatic heterocycles. The third-order valence-electron chi connectivity index (χ3n) is 5.17. The second kappa shape index (κ2) is 8.50.